The van der Waals surface area contributed by atoms with E-state index in [-0.39, 0.29) is 12.4 Å². The molecule has 1 unspecified atom stereocenters. The molecule has 0 spiro atoms. The fraction of sp³-hybridized carbons (Fsp3) is 0.538. The molecule has 0 saturated carbocycles. The summed E-state index contributed by atoms with van der Waals surface area (Å²) >= 11 is 11.9. The third-order valence-corrected chi connectivity index (χ3v) is 3.67. The van der Waals surface area contributed by atoms with Gasteiger partial charge in [0, 0.05) is 6.42 Å². The van der Waals surface area contributed by atoms with Gasteiger partial charge in [0.15, 0.2) is 6.29 Å². The van der Waals surface area contributed by atoms with Crippen LogP contribution in [0.1, 0.15) is 31.9 Å². The summed E-state index contributed by atoms with van der Waals surface area (Å²) in [7, 11) is 0. The Hall–Kier alpha value is -0.280. The van der Waals surface area contributed by atoms with Gasteiger partial charge in [0.05, 0.1) is 22.8 Å². The first kappa shape index (κ1) is 13.2. The monoisotopic (exact) mass is 274 g/mol. The minimum absolute atomic E-state index is 0.0416. The minimum Gasteiger partial charge on any atom is -0.352 e. The molecule has 0 bridgehead atoms. The molecule has 17 heavy (non-hydrogen) atoms. The van der Waals surface area contributed by atoms with E-state index in [9.17, 15) is 0 Å². The molecule has 1 aliphatic rings. The number of ether oxygens (including phenoxy) is 2. The first-order valence-electron chi connectivity index (χ1n) is 5.78. The third kappa shape index (κ3) is 3.35. The van der Waals surface area contributed by atoms with Crippen LogP contribution in [0.15, 0.2) is 18.2 Å². The zero-order chi connectivity index (χ0) is 12.4. The van der Waals surface area contributed by atoms with Crippen LogP contribution in [0, 0.1) is 5.92 Å². The molecule has 0 radical (unpaired) electrons. The van der Waals surface area contributed by atoms with Gasteiger partial charge in [0.2, 0.25) is 0 Å². The normalized spacial score (nSPS) is 26.1. The quantitative estimate of drug-likeness (QED) is 0.811. The molecule has 94 valence electrons. The van der Waals surface area contributed by atoms with Crippen LogP contribution in [0.3, 0.4) is 0 Å². The van der Waals surface area contributed by atoms with Crippen molar-refractivity contribution in [1.29, 1.82) is 0 Å². The lowest BCUT2D eigenvalue weighted by Crippen LogP contribution is -2.13. The van der Waals surface area contributed by atoms with Crippen molar-refractivity contribution in [2.45, 2.75) is 32.7 Å². The van der Waals surface area contributed by atoms with Gasteiger partial charge >= 0.3 is 0 Å². The van der Waals surface area contributed by atoms with E-state index in [1.807, 2.05) is 19.1 Å². The van der Waals surface area contributed by atoms with Gasteiger partial charge in [-0.25, -0.2) is 0 Å². The lowest BCUT2D eigenvalue weighted by Gasteiger charge is -2.18. The Morgan fingerprint density at radius 3 is 2.71 bits per heavy atom. The second kappa shape index (κ2) is 5.57. The van der Waals surface area contributed by atoms with Crippen molar-refractivity contribution in [3.63, 3.8) is 0 Å². The summed E-state index contributed by atoms with van der Waals surface area (Å²) in [6.45, 7) is 4.93. The Bertz CT molecular complexity index is 395. The molecule has 1 aromatic rings. The molecule has 0 amide bonds. The molecule has 4 heteroatoms. The summed E-state index contributed by atoms with van der Waals surface area (Å²) in [5, 5.41) is 1.12. The molecular weight excluding hydrogens is 259 g/mol. The lowest BCUT2D eigenvalue weighted by molar-refractivity contribution is -0.140. The Morgan fingerprint density at radius 1 is 1.35 bits per heavy atom. The van der Waals surface area contributed by atoms with Crippen LogP contribution >= 0.6 is 23.2 Å². The second-order valence-corrected chi connectivity index (χ2v) is 5.37. The van der Waals surface area contributed by atoms with Crippen LogP contribution in [0.25, 0.3) is 0 Å². The van der Waals surface area contributed by atoms with E-state index in [1.165, 1.54) is 0 Å². The standard InChI is InChI=1S/C13H16Cl2O2/c1-8-5-13(16-7-8)17-9(2)10-3-4-11(14)12(15)6-10/h3-4,6,8-9,13H,5,7H2,1-2H3/t8-,9+,13?/m1/s1. The summed E-state index contributed by atoms with van der Waals surface area (Å²) < 4.78 is 11.4. The van der Waals surface area contributed by atoms with Gasteiger partial charge in [-0.1, -0.05) is 36.2 Å². The summed E-state index contributed by atoms with van der Waals surface area (Å²) in [6, 6.07) is 5.56. The molecule has 0 aliphatic carbocycles. The highest BCUT2D eigenvalue weighted by molar-refractivity contribution is 6.42. The Balaban J connectivity index is 1.99. The number of rotatable bonds is 3. The molecule has 1 fully saturated rings. The molecule has 2 nitrogen and oxygen atoms in total. The molecule has 1 aliphatic heterocycles. The van der Waals surface area contributed by atoms with Gasteiger partial charge in [-0.15, -0.1) is 0 Å². The predicted molar refractivity (Wildman–Crippen MR) is 69.5 cm³/mol. The van der Waals surface area contributed by atoms with Crippen molar-refractivity contribution < 1.29 is 9.47 Å². The fourth-order valence-corrected chi connectivity index (χ4v) is 2.21. The van der Waals surface area contributed by atoms with Crippen molar-refractivity contribution in [3.8, 4) is 0 Å². The molecule has 3 atom stereocenters. The van der Waals surface area contributed by atoms with E-state index >= 15 is 0 Å². The molecule has 1 heterocycles. The van der Waals surface area contributed by atoms with Crippen molar-refractivity contribution >= 4 is 23.2 Å². The number of hydrogen-bond acceptors (Lipinski definition) is 2. The second-order valence-electron chi connectivity index (χ2n) is 4.56. The third-order valence-electron chi connectivity index (χ3n) is 2.93. The van der Waals surface area contributed by atoms with Crippen LogP contribution in [-0.2, 0) is 9.47 Å². The fourth-order valence-electron chi connectivity index (χ4n) is 1.90. The largest absolute Gasteiger partial charge is 0.352 e. The Morgan fingerprint density at radius 2 is 2.12 bits per heavy atom. The van der Waals surface area contributed by atoms with Crippen molar-refractivity contribution in [2.75, 3.05) is 6.61 Å². The SMILES string of the molecule is C[C@H]1COC(O[C@@H](C)c2ccc(Cl)c(Cl)c2)C1. The van der Waals surface area contributed by atoms with E-state index in [1.54, 1.807) is 6.07 Å². The van der Waals surface area contributed by atoms with Crippen LogP contribution in [0.2, 0.25) is 10.0 Å². The summed E-state index contributed by atoms with van der Waals surface area (Å²) in [6.07, 6.45) is 0.806. The average Bonchev–Trinajstić information content (AvgIpc) is 2.68. The van der Waals surface area contributed by atoms with Gasteiger partial charge in [0.1, 0.15) is 0 Å². The zero-order valence-corrected chi connectivity index (χ0v) is 11.5. The van der Waals surface area contributed by atoms with Crippen LogP contribution in [0.4, 0.5) is 0 Å². The van der Waals surface area contributed by atoms with E-state index in [0.717, 1.165) is 18.6 Å². The Labute approximate surface area is 112 Å². The summed E-state index contributed by atoms with van der Waals surface area (Å²) in [4.78, 5) is 0. The first-order valence-corrected chi connectivity index (χ1v) is 6.54. The highest BCUT2D eigenvalue weighted by atomic mass is 35.5. The molecular formula is C13H16Cl2O2. The molecule has 0 N–H and O–H groups in total. The molecule has 2 rings (SSSR count). The first-order chi connectivity index (χ1) is 8.06. The predicted octanol–water partition coefficient (Wildman–Crippen LogP) is 4.45. The van der Waals surface area contributed by atoms with Gasteiger partial charge in [-0.3, -0.25) is 0 Å². The van der Waals surface area contributed by atoms with E-state index in [2.05, 4.69) is 6.92 Å². The molecule has 1 saturated heterocycles. The molecule has 0 aromatic heterocycles. The zero-order valence-electron chi connectivity index (χ0n) is 9.95. The maximum Gasteiger partial charge on any atom is 0.158 e. The number of hydrogen-bond donors (Lipinski definition) is 0. The Kier molecular flexibility index (Phi) is 4.31. The van der Waals surface area contributed by atoms with E-state index in [4.69, 9.17) is 32.7 Å². The van der Waals surface area contributed by atoms with Crippen LogP contribution in [-0.4, -0.2) is 12.9 Å². The van der Waals surface area contributed by atoms with Gasteiger partial charge in [-0.2, -0.15) is 0 Å². The van der Waals surface area contributed by atoms with Crippen molar-refractivity contribution in [2.24, 2.45) is 5.92 Å². The lowest BCUT2D eigenvalue weighted by atomic mass is 10.1. The van der Waals surface area contributed by atoms with Crippen LogP contribution in [0.5, 0.6) is 0 Å². The van der Waals surface area contributed by atoms with E-state index in [0.29, 0.717) is 16.0 Å². The maximum atomic E-state index is 5.98. The molecule has 1 aromatic carbocycles. The van der Waals surface area contributed by atoms with Crippen LogP contribution < -0.4 is 0 Å². The average molecular weight is 275 g/mol. The highest BCUT2D eigenvalue weighted by Gasteiger charge is 2.24. The van der Waals surface area contributed by atoms with E-state index < -0.39 is 0 Å². The summed E-state index contributed by atoms with van der Waals surface area (Å²) in [5.74, 6) is 0.570. The maximum absolute atomic E-state index is 5.98. The number of benzene rings is 1. The number of halogens is 2. The van der Waals surface area contributed by atoms with Gasteiger partial charge in [0.25, 0.3) is 0 Å². The van der Waals surface area contributed by atoms with Crippen molar-refractivity contribution in [1.82, 2.24) is 0 Å². The van der Waals surface area contributed by atoms with Gasteiger partial charge in [-0.05, 0) is 30.5 Å². The summed E-state index contributed by atoms with van der Waals surface area (Å²) in [5.41, 5.74) is 1.02. The smallest absolute Gasteiger partial charge is 0.158 e. The minimum atomic E-state index is -0.102. The highest BCUT2D eigenvalue weighted by Crippen LogP contribution is 2.30. The topological polar surface area (TPSA) is 18.5 Å². The van der Waals surface area contributed by atoms with Crippen molar-refractivity contribution in [3.05, 3.63) is 33.8 Å². The van der Waals surface area contributed by atoms with Gasteiger partial charge < -0.3 is 9.47 Å².